The van der Waals surface area contributed by atoms with Crippen LogP contribution in [0.1, 0.15) is 45.7 Å². The van der Waals surface area contributed by atoms with Crippen LogP contribution in [0.5, 0.6) is 0 Å². The maximum atomic E-state index is 12.7. The molecule has 1 aliphatic rings. The minimum Gasteiger partial charge on any atom is -0.352 e. The van der Waals surface area contributed by atoms with Gasteiger partial charge < -0.3 is 10.2 Å². The summed E-state index contributed by atoms with van der Waals surface area (Å²) in [4.78, 5) is 27.2. The van der Waals surface area contributed by atoms with Gasteiger partial charge >= 0.3 is 0 Å². The predicted molar refractivity (Wildman–Crippen MR) is 130 cm³/mol. The molecule has 3 aromatic rings. The Hall–Kier alpha value is -2.83. The third kappa shape index (κ3) is 5.23. The highest BCUT2D eigenvalue weighted by molar-refractivity contribution is 6.35. The minimum absolute atomic E-state index is 0.0557. The number of rotatable bonds is 6. The summed E-state index contributed by atoms with van der Waals surface area (Å²) in [5, 5.41) is 8.58. The van der Waals surface area contributed by atoms with Crippen LogP contribution in [-0.2, 0) is 17.8 Å². The van der Waals surface area contributed by atoms with Gasteiger partial charge in [-0.2, -0.15) is 5.10 Å². The topological polar surface area (TPSA) is 67.2 Å². The van der Waals surface area contributed by atoms with Crippen LogP contribution in [0.25, 0.3) is 5.69 Å². The van der Waals surface area contributed by atoms with Crippen molar-refractivity contribution < 1.29 is 9.59 Å². The number of aromatic nitrogens is 2. The van der Waals surface area contributed by atoms with Crippen LogP contribution in [0.3, 0.4) is 0 Å². The lowest BCUT2D eigenvalue weighted by Crippen LogP contribution is -2.28. The zero-order valence-electron chi connectivity index (χ0n) is 18.7. The number of halogens is 2. The molecule has 2 heterocycles. The van der Waals surface area contributed by atoms with E-state index in [1.165, 1.54) is 0 Å². The quantitative estimate of drug-likeness (QED) is 0.541. The highest BCUT2D eigenvalue weighted by Gasteiger charge is 2.20. The first kappa shape index (κ1) is 23.3. The number of hydrogen-bond donors (Lipinski definition) is 1. The van der Waals surface area contributed by atoms with Gasteiger partial charge in [-0.25, -0.2) is 4.68 Å². The molecule has 0 aliphatic carbocycles. The Morgan fingerprint density at radius 1 is 1.06 bits per heavy atom. The standard InChI is InChI=1S/C25H26Cl2N4O2/c1-16-21(17(2)31(29-16)23-9-8-20(26)13-22(23)27)14-24(32)28-15-18-6-5-7-19(12-18)25(33)30-10-3-4-11-30/h5-9,12-13H,3-4,10-11,14-15H2,1-2H3,(H,28,32). The minimum atomic E-state index is -0.112. The fourth-order valence-electron chi connectivity index (χ4n) is 4.16. The fraction of sp³-hybridized carbons (Fsp3) is 0.320. The molecule has 0 saturated carbocycles. The molecule has 1 saturated heterocycles. The largest absolute Gasteiger partial charge is 0.352 e. The van der Waals surface area contributed by atoms with Crippen LogP contribution < -0.4 is 5.32 Å². The predicted octanol–water partition coefficient (Wildman–Crippen LogP) is 4.89. The Morgan fingerprint density at radius 3 is 2.55 bits per heavy atom. The first-order chi connectivity index (χ1) is 15.8. The lowest BCUT2D eigenvalue weighted by molar-refractivity contribution is -0.120. The van der Waals surface area contributed by atoms with E-state index in [9.17, 15) is 9.59 Å². The second kappa shape index (κ2) is 9.98. The molecule has 2 aromatic carbocycles. The summed E-state index contributed by atoms with van der Waals surface area (Å²) >= 11 is 12.4. The molecule has 0 radical (unpaired) electrons. The molecular formula is C25H26Cl2N4O2. The summed E-state index contributed by atoms with van der Waals surface area (Å²) in [6.07, 6.45) is 2.32. The van der Waals surface area contributed by atoms with Crippen molar-refractivity contribution in [3.05, 3.63) is 80.6 Å². The van der Waals surface area contributed by atoms with Crippen LogP contribution in [-0.4, -0.2) is 39.6 Å². The van der Waals surface area contributed by atoms with Gasteiger partial charge in [0.1, 0.15) is 0 Å². The van der Waals surface area contributed by atoms with Crippen molar-refractivity contribution in [2.45, 2.75) is 39.7 Å². The number of hydrogen-bond acceptors (Lipinski definition) is 3. The van der Waals surface area contributed by atoms with Gasteiger partial charge in [0.2, 0.25) is 5.91 Å². The van der Waals surface area contributed by atoms with Crippen LogP contribution in [0.4, 0.5) is 0 Å². The summed E-state index contributed by atoms with van der Waals surface area (Å²) in [6.45, 7) is 5.78. The molecule has 33 heavy (non-hydrogen) atoms. The van der Waals surface area contributed by atoms with Crippen LogP contribution in [0, 0.1) is 13.8 Å². The van der Waals surface area contributed by atoms with E-state index in [2.05, 4.69) is 10.4 Å². The van der Waals surface area contributed by atoms with Gasteiger partial charge in [-0.3, -0.25) is 9.59 Å². The zero-order valence-corrected chi connectivity index (χ0v) is 20.2. The third-order valence-corrected chi connectivity index (χ3v) is 6.51. The molecule has 0 spiro atoms. The average Bonchev–Trinajstić information content (AvgIpc) is 3.42. The van der Waals surface area contributed by atoms with Crippen molar-refractivity contribution in [1.82, 2.24) is 20.0 Å². The average molecular weight is 485 g/mol. The van der Waals surface area contributed by atoms with Gasteiger partial charge in [0.05, 0.1) is 22.8 Å². The molecule has 6 nitrogen and oxygen atoms in total. The number of likely N-dealkylation sites (tertiary alicyclic amines) is 1. The number of carbonyl (C=O) groups is 2. The Morgan fingerprint density at radius 2 is 1.82 bits per heavy atom. The van der Waals surface area contributed by atoms with E-state index in [4.69, 9.17) is 23.2 Å². The van der Waals surface area contributed by atoms with Crippen LogP contribution >= 0.6 is 23.2 Å². The number of aryl methyl sites for hydroxylation is 1. The van der Waals surface area contributed by atoms with Gasteiger partial charge in [0.15, 0.2) is 0 Å². The van der Waals surface area contributed by atoms with Gasteiger partial charge in [-0.15, -0.1) is 0 Å². The monoisotopic (exact) mass is 484 g/mol. The van der Waals surface area contributed by atoms with Crippen molar-refractivity contribution in [1.29, 1.82) is 0 Å². The van der Waals surface area contributed by atoms with E-state index in [-0.39, 0.29) is 18.2 Å². The van der Waals surface area contributed by atoms with Crippen LogP contribution in [0.2, 0.25) is 10.0 Å². The summed E-state index contributed by atoms with van der Waals surface area (Å²) in [5.74, 6) is -0.0561. The highest BCUT2D eigenvalue weighted by Crippen LogP contribution is 2.27. The van der Waals surface area contributed by atoms with Crippen LogP contribution in [0.15, 0.2) is 42.5 Å². The van der Waals surface area contributed by atoms with E-state index in [0.29, 0.717) is 27.8 Å². The zero-order chi connectivity index (χ0) is 23.5. The molecule has 8 heteroatoms. The van der Waals surface area contributed by atoms with Gasteiger partial charge in [-0.05, 0) is 62.6 Å². The van der Waals surface area contributed by atoms with Gasteiger partial charge in [-0.1, -0.05) is 35.3 Å². The van der Waals surface area contributed by atoms with E-state index in [1.54, 1.807) is 16.8 Å². The third-order valence-electron chi connectivity index (χ3n) is 5.97. The molecule has 1 fully saturated rings. The molecule has 172 valence electrons. The van der Waals surface area contributed by atoms with Crippen molar-refractivity contribution >= 4 is 35.0 Å². The van der Waals surface area contributed by atoms with Crippen molar-refractivity contribution in [3.8, 4) is 5.69 Å². The number of nitrogens with zero attached hydrogens (tertiary/aromatic N) is 3. The fourth-order valence-corrected chi connectivity index (χ4v) is 4.65. The highest BCUT2D eigenvalue weighted by atomic mass is 35.5. The first-order valence-electron chi connectivity index (χ1n) is 11.0. The lowest BCUT2D eigenvalue weighted by Gasteiger charge is -2.15. The molecule has 1 aliphatic heterocycles. The molecular weight excluding hydrogens is 459 g/mol. The Bertz CT molecular complexity index is 1200. The number of carbonyl (C=O) groups excluding carboxylic acids is 2. The first-order valence-corrected chi connectivity index (χ1v) is 11.7. The van der Waals surface area contributed by atoms with E-state index in [1.807, 2.05) is 49.1 Å². The van der Waals surface area contributed by atoms with Crippen molar-refractivity contribution in [3.63, 3.8) is 0 Å². The molecule has 2 amide bonds. The molecule has 0 bridgehead atoms. The summed E-state index contributed by atoms with van der Waals surface area (Å²) in [5.41, 5.74) is 4.75. The number of nitrogens with one attached hydrogen (secondary N) is 1. The van der Waals surface area contributed by atoms with Crippen molar-refractivity contribution in [2.75, 3.05) is 13.1 Å². The molecule has 4 rings (SSSR count). The summed E-state index contributed by atoms with van der Waals surface area (Å²) in [7, 11) is 0. The van der Waals surface area contributed by atoms with E-state index >= 15 is 0 Å². The number of amides is 2. The number of benzene rings is 2. The molecule has 0 unspecified atom stereocenters. The van der Waals surface area contributed by atoms with Crippen molar-refractivity contribution in [2.24, 2.45) is 0 Å². The lowest BCUT2D eigenvalue weighted by atomic mass is 10.1. The second-order valence-electron chi connectivity index (χ2n) is 8.31. The molecule has 1 aromatic heterocycles. The maximum absolute atomic E-state index is 12.7. The SMILES string of the molecule is Cc1nn(-c2ccc(Cl)cc2Cl)c(C)c1CC(=O)NCc1cccc(C(=O)N2CCCC2)c1. The molecule has 1 N–H and O–H groups in total. The molecule has 0 atom stereocenters. The smallest absolute Gasteiger partial charge is 0.253 e. The van der Waals surface area contributed by atoms with E-state index < -0.39 is 0 Å². The summed E-state index contributed by atoms with van der Waals surface area (Å²) < 4.78 is 1.74. The summed E-state index contributed by atoms with van der Waals surface area (Å²) in [6, 6.07) is 12.7. The normalized spacial score (nSPS) is 13.4. The van der Waals surface area contributed by atoms with Gasteiger partial charge in [0.25, 0.3) is 5.91 Å². The van der Waals surface area contributed by atoms with Gasteiger partial charge in [0, 0.05) is 41.5 Å². The Balaban J connectivity index is 1.42. The van der Waals surface area contributed by atoms with E-state index in [0.717, 1.165) is 48.4 Å². The maximum Gasteiger partial charge on any atom is 0.253 e. The Kier molecular flexibility index (Phi) is 7.05. The Labute approximate surface area is 203 Å². The second-order valence-corrected chi connectivity index (χ2v) is 9.15.